The van der Waals surface area contributed by atoms with Crippen molar-refractivity contribution in [1.82, 2.24) is 35.1 Å². The zero-order valence-corrected chi connectivity index (χ0v) is 19.9. The van der Waals surface area contributed by atoms with Gasteiger partial charge in [0.15, 0.2) is 5.82 Å². The summed E-state index contributed by atoms with van der Waals surface area (Å²) >= 11 is 7.83. The zero-order valence-electron chi connectivity index (χ0n) is 18.4. The maximum Gasteiger partial charge on any atom is 0.205 e. The van der Waals surface area contributed by atoms with Crippen LogP contribution in [0, 0.1) is 5.92 Å². The van der Waals surface area contributed by atoms with E-state index in [2.05, 4.69) is 22.1 Å². The molecule has 170 valence electrons. The predicted octanol–water partition coefficient (Wildman–Crippen LogP) is 3.94. The minimum atomic E-state index is 0.547. The molecule has 6 rings (SSSR count). The van der Waals surface area contributed by atoms with Crippen molar-refractivity contribution in [3.05, 3.63) is 45.6 Å². The largest absolute Gasteiger partial charge is 0.379 e. The Morgan fingerprint density at radius 3 is 2.79 bits per heavy atom. The summed E-state index contributed by atoms with van der Waals surface area (Å²) in [6, 6.07) is 7.46. The quantitative estimate of drug-likeness (QED) is 0.436. The molecule has 0 spiro atoms. The number of hydrogen-bond acceptors (Lipinski definition) is 8. The van der Waals surface area contributed by atoms with Gasteiger partial charge in [-0.25, -0.2) is 9.97 Å². The van der Waals surface area contributed by atoms with Crippen molar-refractivity contribution < 1.29 is 4.74 Å². The van der Waals surface area contributed by atoms with E-state index < -0.39 is 0 Å². The number of aromatic nitrogens is 6. The monoisotopic (exact) mass is 481 g/mol. The van der Waals surface area contributed by atoms with Gasteiger partial charge in [0.1, 0.15) is 10.7 Å². The highest BCUT2D eigenvalue weighted by molar-refractivity contribution is 7.18. The summed E-state index contributed by atoms with van der Waals surface area (Å²) in [5, 5.41) is 15.1. The molecule has 1 fully saturated rings. The zero-order chi connectivity index (χ0) is 22.4. The molecule has 1 aliphatic carbocycles. The number of thiophene rings is 1. The van der Waals surface area contributed by atoms with Crippen LogP contribution in [0.5, 0.6) is 0 Å². The Bertz CT molecular complexity index is 1300. The number of ether oxygens (including phenoxy) is 1. The van der Waals surface area contributed by atoms with Crippen molar-refractivity contribution >= 4 is 33.2 Å². The fourth-order valence-electron chi connectivity index (χ4n) is 4.56. The molecule has 0 unspecified atom stereocenters. The van der Waals surface area contributed by atoms with Gasteiger partial charge in [-0.15, -0.1) is 26.3 Å². The Kier molecular flexibility index (Phi) is 5.57. The van der Waals surface area contributed by atoms with Crippen LogP contribution in [-0.4, -0.2) is 61.4 Å². The van der Waals surface area contributed by atoms with Gasteiger partial charge in [0.05, 0.1) is 25.1 Å². The standard InChI is InChI=1S/C23H24ClN7OS/c1-14-2-7-17-18(12-14)33-23-20(17)22(25-19(26-23)13-30-8-10-32-11-9-30)31-28-21(27-29-31)15-3-5-16(24)6-4-15/h3-6,14H,2,7-13H2,1H3/t14-/m0/s1. The Morgan fingerprint density at radius 2 is 1.97 bits per heavy atom. The average Bonchev–Trinajstić information content (AvgIpc) is 3.44. The van der Waals surface area contributed by atoms with E-state index >= 15 is 0 Å². The second-order valence-corrected chi connectivity index (χ2v) is 10.3. The molecule has 3 aromatic heterocycles. The first kappa shape index (κ1) is 21.1. The first-order chi connectivity index (χ1) is 16.1. The van der Waals surface area contributed by atoms with E-state index in [1.807, 2.05) is 24.3 Å². The number of fused-ring (bicyclic) bond motifs is 3. The van der Waals surface area contributed by atoms with Gasteiger partial charge in [-0.1, -0.05) is 18.5 Å². The second kappa shape index (κ2) is 8.72. The lowest BCUT2D eigenvalue weighted by Crippen LogP contribution is -2.36. The minimum absolute atomic E-state index is 0.547. The molecule has 0 bridgehead atoms. The highest BCUT2D eigenvalue weighted by Crippen LogP contribution is 2.39. The topological polar surface area (TPSA) is 81.9 Å². The maximum atomic E-state index is 6.04. The third-order valence-electron chi connectivity index (χ3n) is 6.36. The number of halogens is 1. The van der Waals surface area contributed by atoms with Crippen LogP contribution in [0.4, 0.5) is 0 Å². The molecule has 4 aromatic rings. The number of aryl methyl sites for hydroxylation is 1. The molecule has 33 heavy (non-hydrogen) atoms. The van der Waals surface area contributed by atoms with Crippen LogP contribution in [0.1, 0.15) is 29.6 Å². The molecule has 8 nitrogen and oxygen atoms in total. The highest BCUT2D eigenvalue weighted by Gasteiger charge is 2.26. The fourth-order valence-corrected chi connectivity index (χ4v) is 6.08. The van der Waals surface area contributed by atoms with Gasteiger partial charge in [-0.2, -0.15) is 0 Å². The van der Waals surface area contributed by atoms with Gasteiger partial charge in [-0.3, -0.25) is 4.90 Å². The lowest BCUT2D eigenvalue weighted by Gasteiger charge is -2.25. The molecule has 1 atom stereocenters. The third kappa shape index (κ3) is 4.14. The number of hydrogen-bond donors (Lipinski definition) is 0. The minimum Gasteiger partial charge on any atom is -0.379 e. The normalized spacial score (nSPS) is 19.2. The summed E-state index contributed by atoms with van der Waals surface area (Å²) in [7, 11) is 0. The smallest absolute Gasteiger partial charge is 0.205 e. The predicted molar refractivity (Wildman–Crippen MR) is 128 cm³/mol. The van der Waals surface area contributed by atoms with E-state index in [0.717, 1.165) is 66.6 Å². The first-order valence-corrected chi connectivity index (χ1v) is 12.5. The van der Waals surface area contributed by atoms with Gasteiger partial charge >= 0.3 is 0 Å². The Labute approximate surface area is 200 Å². The van der Waals surface area contributed by atoms with E-state index in [4.69, 9.17) is 31.4 Å². The van der Waals surface area contributed by atoms with E-state index in [-0.39, 0.29) is 0 Å². The van der Waals surface area contributed by atoms with Crippen molar-refractivity contribution in [2.75, 3.05) is 26.3 Å². The molecule has 0 saturated carbocycles. The van der Waals surface area contributed by atoms with Crippen molar-refractivity contribution in [2.45, 2.75) is 32.7 Å². The summed E-state index contributed by atoms with van der Waals surface area (Å²) < 4.78 is 5.50. The average molecular weight is 482 g/mol. The van der Waals surface area contributed by atoms with Crippen LogP contribution in [0.3, 0.4) is 0 Å². The van der Waals surface area contributed by atoms with Gasteiger partial charge in [0.2, 0.25) is 5.82 Å². The van der Waals surface area contributed by atoms with Crippen LogP contribution < -0.4 is 0 Å². The molecular weight excluding hydrogens is 458 g/mol. The summed E-state index contributed by atoms with van der Waals surface area (Å²) in [6.07, 6.45) is 3.30. The lowest BCUT2D eigenvalue weighted by molar-refractivity contribution is 0.0331. The van der Waals surface area contributed by atoms with Crippen LogP contribution in [0.15, 0.2) is 24.3 Å². The van der Waals surface area contributed by atoms with Gasteiger partial charge < -0.3 is 4.74 Å². The van der Waals surface area contributed by atoms with Gasteiger partial charge in [-0.05, 0) is 60.2 Å². The molecule has 0 radical (unpaired) electrons. The number of morpholine rings is 1. The summed E-state index contributed by atoms with van der Waals surface area (Å²) in [4.78, 5) is 16.3. The summed E-state index contributed by atoms with van der Waals surface area (Å²) in [5.74, 6) is 2.75. The maximum absolute atomic E-state index is 6.04. The van der Waals surface area contributed by atoms with Crippen LogP contribution in [-0.2, 0) is 24.1 Å². The van der Waals surface area contributed by atoms with E-state index in [1.165, 1.54) is 16.9 Å². The van der Waals surface area contributed by atoms with Crippen molar-refractivity contribution in [3.8, 4) is 17.2 Å². The SMILES string of the molecule is C[C@H]1CCc2c(sc3nc(CN4CCOCC4)nc(-n4nnc(-c5ccc(Cl)cc5)n4)c23)C1. The lowest BCUT2D eigenvalue weighted by atomic mass is 9.89. The number of benzene rings is 1. The van der Waals surface area contributed by atoms with E-state index in [0.29, 0.717) is 23.3 Å². The second-order valence-electron chi connectivity index (χ2n) is 8.79. The number of tetrazole rings is 1. The fraction of sp³-hybridized carbons (Fsp3) is 0.435. The molecule has 4 heterocycles. The molecule has 10 heteroatoms. The van der Waals surface area contributed by atoms with E-state index in [9.17, 15) is 0 Å². The third-order valence-corrected chi connectivity index (χ3v) is 7.76. The van der Waals surface area contributed by atoms with Crippen molar-refractivity contribution in [1.29, 1.82) is 0 Å². The number of nitrogens with zero attached hydrogens (tertiary/aromatic N) is 7. The van der Waals surface area contributed by atoms with Crippen LogP contribution in [0.2, 0.25) is 5.02 Å². The molecule has 1 saturated heterocycles. The van der Waals surface area contributed by atoms with E-state index in [1.54, 1.807) is 16.1 Å². The first-order valence-electron chi connectivity index (χ1n) is 11.3. The van der Waals surface area contributed by atoms with Crippen LogP contribution in [0.25, 0.3) is 27.4 Å². The molecule has 1 aromatic carbocycles. The van der Waals surface area contributed by atoms with Gasteiger partial charge in [0, 0.05) is 28.6 Å². The van der Waals surface area contributed by atoms with Crippen LogP contribution >= 0.6 is 22.9 Å². The Balaban J connectivity index is 1.45. The van der Waals surface area contributed by atoms with Crippen molar-refractivity contribution in [2.24, 2.45) is 5.92 Å². The van der Waals surface area contributed by atoms with Crippen molar-refractivity contribution in [3.63, 3.8) is 0 Å². The molecule has 0 amide bonds. The number of rotatable bonds is 4. The Hall–Kier alpha value is -2.46. The molecule has 2 aliphatic rings. The highest BCUT2D eigenvalue weighted by atomic mass is 35.5. The molecule has 1 aliphatic heterocycles. The summed E-state index contributed by atoms with van der Waals surface area (Å²) in [5.41, 5.74) is 2.22. The molecular formula is C23H24ClN7OS. The Morgan fingerprint density at radius 1 is 1.15 bits per heavy atom. The van der Waals surface area contributed by atoms with Gasteiger partial charge in [0.25, 0.3) is 0 Å². The summed E-state index contributed by atoms with van der Waals surface area (Å²) in [6.45, 7) is 6.27. The molecule has 0 N–H and O–H groups in total.